The monoisotopic (exact) mass is 252 g/mol. The molecule has 0 heterocycles. The fourth-order valence-corrected chi connectivity index (χ4v) is 1.90. The van der Waals surface area contributed by atoms with E-state index in [0.717, 1.165) is 24.0 Å². The van der Waals surface area contributed by atoms with E-state index in [0.29, 0.717) is 13.0 Å². The summed E-state index contributed by atoms with van der Waals surface area (Å²) in [4.78, 5) is 12.1. The molecule has 0 fully saturated rings. The Balaban J connectivity index is 2.97. The molecule has 0 saturated heterocycles. The summed E-state index contributed by atoms with van der Waals surface area (Å²) in [6.07, 6.45) is 1.59. The van der Waals surface area contributed by atoms with Crippen molar-refractivity contribution in [3.05, 3.63) is 35.1 Å². The zero-order chi connectivity index (χ0) is 13.5. The Hall–Kier alpha value is -1.22. The molecule has 1 unspecified atom stereocenters. The van der Waals surface area contributed by atoms with Crippen molar-refractivity contribution < 1.29 is 13.9 Å². The van der Waals surface area contributed by atoms with Crippen molar-refractivity contribution in [1.82, 2.24) is 0 Å². The van der Waals surface area contributed by atoms with Crippen molar-refractivity contribution in [3.8, 4) is 0 Å². The predicted octanol–water partition coefficient (Wildman–Crippen LogP) is 3.97. The number of ether oxygens (including phenoxy) is 1. The maximum Gasteiger partial charge on any atom is 0.166 e. The summed E-state index contributed by atoms with van der Waals surface area (Å²) in [5.41, 5.74) is 1.55. The summed E-state index contributed by atoms with van der Waals surface area (Å²) in [7, 11) is 0. The van der Waals surface area contributed by atoms with Crippen molar-refractivity contribution in [2.24, 2.45) is 0 Å². The zero-order valence-electron chi connectivity index (χ0n) is 11.3. The standard InChI is InChI=1S/C15H21FO2/c1-4-6-14(17)15(18-9-5-2)13-8-7-12(16)10-11(13)3/h7-8,10,15H,4-6,9H2,1-3H3. The Morgan fingerprint density at radius 2 is 2.06 bits per heavy atom. The van der Waals surface area contributed by atoms with Crippen molar-refractivity contribution in [2.75, 3.05) is 6.61 Å². The minimum absolute atomic E-state index is 0.0701. The molecule has 0 spiro atoms. The summed E-state index contributed by atoms with van der Waals surface area (Å²) in [6, 6.07) is 4.47. The Labute approximate surface area is 108 Å². The molecule has 18 heavy (non-hydrogen) atoms. The van der Waals surface area contributed by atoms with Gasteiger partial charge in [-0.1, -0.05) is 19.9 Å². The zero-order valence-corrected chi connectivity index (χ0v) is 11.3. The maximum atomic E-state index is 13.1. The molecule has 0 radical (unpaired) electrons. The first-order valence-corrected chi connectivity index (χ1v) is 6.50. The van der Waals surface area contributed by atoms with E-state index in [2.05, 4.69) is 0 Å². The average Bonchev–Trinajstić information content (AvgIpc) is 2.32. The van der Waals surface area contributed by atoms with Crippen LogP contribution in [0.5, 0.6) is 0 Å². The number of benzene rings is 1. The maximum absolute atomic E-state index is 13.1. The summed E-state index contributed by atoms with van der Waals surface area (Å²) in [5.74, 6) is -0.214. The molecule has 0 saturated carbocycles. The number of rotatable bonds is 7. The first kappa shape index (κ1) is 14.8. The Bertz CT molecular complexity index is 401. The molecular weight excluding hydrogens is 231 g/mol. The van der Waals surface area contributed by atoms with Gasteiger partial charge in [-0.25, -0.2) is 4.39 Å². The van der Waals surface area contributed by atoms with E-state index >= 15 is 0 Å². The second kappa shape index (κ2) is 7.27. The smallest absolute Gasteiger partial charge is 0.166 e. The highest BCUT2D eigenvalue weighted by Gasteiger charge is 2.22. The molecule has 1 aromatic rings. The molecule has 0 aliphatic carbocycles. The second-order valence-electron chi connectivity index (χ2n) is 4.47. The number of halogens is 1. The number of aryl methyl sites for hydroxylation is 1. The van der Waals surface area contributed by atoms with E-state index in [-0.39, 0.29) is 11.6 Å². The largest absolute Gasteiger partial charge is 0.366 e. The Morgan fingerprint density at radius 3 is 2.61 bits per heavy atom. The number of ketones is 1. The van der Waals surface area contributed by atoms with Gasteiger partial charge in [-0.3, -0.25) is 4.79 Å². The molecule has 3 heteroatoms. The minimum Gasteiger partial charge on any atom is -0.366 e. The molecule has 2 nitrogen and oxygen atoms in total. The van der Waals surface area contributed by atoms with Gasteiger partial charge in [0.05, 0.1) is 0 Å². The second-order valence-corrected chi connectivity index (χ2v) is 4.47. The molecule has 1 atom stereocenters. The van der Waals surface area contributed by atoms with Gasteiger partial charge in [-0.2, -0.15) is 0 Å². The number of hydrogen-bond donors (Lipinski definition) is 0. The average molecular weight is 252 g/mol. The van der Waals surface area contributed by atoms with Crippen LogP contribution in [0.4, 0.5) is 4.39 Å². The van der Waals surface area contributed by atoms with Gasteiger partial charge in [0.25, 0.3) is 0 Å². The van der Waals surface area contributed by atoms with Crippen molar-refractivity contribution in [2.45, 2.75) is 46.1 Å². The van der Waals surface area contributed by atoms with Gasteiger partial charge in [-0.05, 0) is 43.0 Å². The van der Waals surface area contributed by atoms with Crippen LogP contribution in [-0.2, 0) is 9.53 Å². The summed E-state index contributed by atoms with van der Waals surface area (Å²) >= 11 is 0. The quantitative estimate of drug-likeness (QED) is 0.734. The molecule has 1 aromatic carbocycles. The number of carbonyl (C=O) groups excluding carboxylic acids is 1. The molecule has 1 rings (SSSR count). The van der Waals surface area contributed by atoms with Crippen molar-refractivity contribution in [1.29, 1.82) is 0 Å². The van der Waals surface area contributed by atoms with Gasteiger partial charge in [0.2, 0.25) is 0 Å². The first-order chi connectivity index (χ1) is 8.60. The summed E-state index contributed by atoms with van der Waals surface area (Å²) in [5, 5.41) is 0. The van der Waals surface area contributed by atoms with Crippen LogP contribution in [0.2, 0.25) is 0 Å². The molecule has 0 aromatic heterocycles. The van der Waals surface area contributed by atoms with E-state index < -0.39 is 6.10 Å². The fraction of sp³-hybridized carbons (Fsp3) is 0.533. The van der Waals surface area contributed by atoms with Crippen LogP contribution in [0.25, 0.3) is 0 Å². The van der Waals surface area contributed by atoms with Crippen LogP contribution < -0.4 is 0 Å². The van der Waals surface area contributed by atoms with E-state index in [4.69, 9.17) is 4.74 Å². The third-order valence-electron chi connectivity index (χ3n) is 2.79. The molecule has 0 amide bonds. The fourth-order valence-electron chi connectivity index (χ4n) is 1.90. The SMILES string of the molecule is CCCOC(C(=O)CCC)c1ccc(F)cc1C. The van der Waals surface area contributed by atoms with Crippen LogP contribution >= 0.6 is 0 Å². The third-order valence-corrected chi connectivity index (χ3v) is 2.79. The predicted molar refractivity (Wildman–Crippen MR) is 70.0 cm³/mol. The van der Waals surface area contributed by atoms with Gasteiger partial charge < -0.3 is 4.74 Å². The highest BCUT2D eigenvalue weighted by molar-refractivity contribution is 5.84. The lowest BCUT2D eigenvalue weighted by atomic mass is 9.98. The van der Waals surface area contributed by atoms with Gasteiger partial charge in [-0.15, -0.1) is 0 Å². The van der Waals surface area contributed by atoms with E-state index in [1.165, 1.54) is 12.1 Å². The van der Waals surface area contributed by atoms with Gasteiger partial charge in [0, 0.05) is 13.0 Å². The Kier molecular flexibility index (Phi) is 5.99. The third kappa shape index (κ3) is 3.91. The molecule has 0 aliphatic heterocycles. The molecule has 0 N–H and O–H groups in total. The van der Waals surface area contributed by atoms with Crippen LogP contribution in [-0.4, -0.2) is 12.4 Å². The van der Waals surface area contributed by atoms with Crippen LogP contribution in [0.15, 0.2) is 18.2 Å². The molecule has 0 aliphatic rings. The lowest BCUT2D eigenvalue weighted by Gasteiger charge is -2.18. The van der Waals surface area contributed by atoms with E-state index in [1.807, 2.05) is 13.8 Å². The topological polar surface area (TPSA) is 26.3 Å². The minimum atomic E-state index is -0.550. The first-order valence-electron chi connectivity index (χ1n) is 6.50. The van der Waals surface area contributed by atoms with Crippen LogP contribution in [0, 0.1) is 12.7 Å². The highest BCUT2D eigenvalue weighted by atomic mass is 19.1. The molecule has 100 valence electrons. The summed E-state index contributed by atoms with van der Waals surface area (Å²) in [6.45, 7) is 6.31. The van der Waals surface area contributed by atoms with Gasteiger partial charge in [0.15, 0.2) is 5.78 Å². The number of hydrogen-bond acceptors (Lipinski definition) is 2. The van der Waals surface area contributed by atoms with Gasteiger partial charge >= 0.3 is 0 Å². The Morgan fingerprint density at radius 1 is 1.33 bits per heavy atom. The van der Waals surface area contributed by atoms with Crippen LogP contribution in [0.3, 0.4) is 0 Å². The van der Waals surface area contributed by atoms with E-state index in [9.17, 15) is 9.18 Å². The number of Topliss-reactive ketones (excluding diaryl/α,β-unsaturated/α-hetero) is 1. The normalized spacial score (nSPS) is 12.4. The molecule has 0 bridgehead atoms. The lowest BCUT2D eigenvalue weighted by molar-refractivity contribution is -0.131. The number of carbonyl (C=O) groups is 1. The highest BCUT2D eigenvalue weighted by Crippen LogP contribution is 2.24. The lowest BCUT2D eigenvalue weighted by Crippen LogP contribution is -2.17. The van der Waals surface area contributed by atoms with E-state index in [1.54, 1.807) is 13.0 Å². The van der Waals surface area contributed by atoms with Crippen molar-refractivity contribution >= 4 is 5.78 Å². The van der Waals surface area contributed by atoms with Crippen LogP contribution in [0.1, 0.15) is 50.3 Å². The summed E-state index contributed by atoms with van der Waals surface area (Å²) < 4.78 is 18.7. The van der Waals surface area contributed by atoms with Crippen molar-refractivity contribution in [3.63, 3.8) is 0 Å². The van der Waals surface area contributed by atoms with Gasteiger partial charge in [0.1, 0.15) is 11.9 Å². The molecular formula is C15H21FO2.